The van der Waals surface area contributed by atoms with Crippen molar-refractivity contribution in [3.8, 4) is 5.75 Å². The van der Waals surface area contributed by atoms with E-state index in [2.05, 4.69) is 5.32 Å². The van der Waals surface area contributed by atoms with E-state index in [0.29, 0.717) is 22.7 Å². The quantitative estimate of drug-likeness (QED) is 0.604. The minimum absolute atomic E-state index is 0.152. The van der Waals surface area contributed by atoms with Gasteiger partial charge in [0.25, 0.3) is 11.8 Å². The number of amides is 2. The lowest BCUT2D eigenvalue weighted by Crippen LogP contribution is -2.32. The number of carbonyl (C=O) groups excluding carboxylic acids is 2. The molecule has 0 saturated heterocycles. The molecule has 2 amide bonds. The summed E-state index contributed by atoms with van der Waals surface area (Å²) in [4.78, 5) is 28.0. The van der Waals surface area contributed by atoms with Gasteiger partial charge in [0.05, 0.1) is 18.4 Å². The molecule has 6 heteroatoms. The molecule has 3 aromatic carbocycles. The summed E-state index contributed by atoms with van der Waals surface area (Å²) in [6.07, 6.45) is 0. The molecule has 1 aliphatic rings. The fraction of sp³-hybridized carbons (Fsp3) is 0.120. The summed E-state index contributed by atoms with van der Waals surface area (Å²) in [5.74, 6) is -0.668. The van der Waals surface area contributed by atoms with Crippen molar-refractivity contribution in [3.63, 3.8) is 0 Å². The molecule has 0 aliphatic carbocycles. The highest BCUT2D eigenvalue weighted by Crippen LogP contribution is 2.35. The minimum Gasteiger partial charge on any atom is -0.497 e. The third kappa shape index (κ3) is 3.80. The monoisotopic (exact) mass is 416 g/mol. The zero-order valence-electron chi connectivity index (χ0n) is 17.4. The van der Waals surface area contributed by atoms with E-state index >= 15 is 0 Å². The van der Waals surface area contributed by atoms with E-state index in [-0.39, 0.29) is 17.1 Å². The fourth-order valence-electron chi connectivity index (χ4n) is 3.63. The molecule has 156 valence electrons. The summed E-state index contributed by atoms with van der Waals surface area (Å²) >= 11 is 0. The van der Waals surface area contributed by atoms with Crippen LogP contribution in [0.3, 0.4) is 0 Å². The predicted octanol–water partition coefficient (Wildman–Crippen LogP) is 4.85. The van der Waals surface area contributed by atoms with Crippen molar-refractivity contribution in [2.45, 2.75) is 13.8 Å². The Morgan fingerprint density at radius 2 is 1.55 bits per heavy atom. The van der Waals surface area contributed by atoms with Gasteiger partial charge in [0, 0.05) is 5.69 Å². The second-order valence-electron chi connectivity index (χ2n) is 7.34. The first-order chi connectivity index (χ1) is 14.9. The van der Waals surface area contributed by atoms with Crippen LogP contribution >= 0.6 is 0 Å². The SMILES string of the molecule is COc1ccc(N2C(=O)C(Nc3ccc(F)cc3)=C(c3ccc(C)cc3C)C2=O)cc1. The van der Waals surface area contributed by atoms with Crippen LogP contribution in [0.15, 0.2) is 72.4 Å². The molecule has 31 heavy (non-hydrogen) atoms. The predicted molar refractivity (Wildman–Crippen MR) is 118 cm³/mol. The molecule has 1 heterocycles. The lowest BCUT2D eigenvalue weighted by atomic mass is 9.97. The Kier molecular flexibility index (Phi) is 5.29. The summed E-state index contributed by atoms with van der Waals surface area (Å²) < 4.78 is 18.5. The van der Waals surface area contributed by atoms with Gasteiger partial charge in [-0.2, -0.15) is 0 Å². The lowest BCUT2D eigenvalue weighted by Gasteiger charge is -2.16. The van der Waals surface area contributed by atoms with Crippen molar-refractivity contribution < 1.29 is 18.7 Å². The molecule has 1 N–H and O–H groups in total. The van der Waals surface area contributed by atoms with Crippen LogP contribution in [-0.4, -0.2) is 18.9 Å². The number of aryl methyl sites for hydroxylation is 2. The summed E-state index contributed by atoms with van der Waals surface area (Å²) in [5.41, 5.74) is 3.99. The third-order valence-corrected chi connectivity index (χ3v) is 5.18. The summed E-state index contributed by atoms with van der Waals surface area (Å²) in [6.45, 7) is 3.87. The normalized spacial score (nSPS) is 13.7. The first kappa shape index (κ1) is 20.3. The number of imide groups is 1. The number of ether oxygens (including phenoxy) is 1. The van der Waals surface area contributed by atoms with Gasteiger partial charge >= 0.3 is 0 Å². The molecule has 5 nitrogen and oxygen atoms in total. The summed E-state index contributed by atoms with van der Waals surface area (Å²) in [6, 6.07) is 18.1. The molecule has 0 bridgehead atoms. The number of hydrogen-bond donors (Lipinski definition) is 1. The largest absolute Gasteiger partial charge is 0.497 e. The fourth-order valence-corrected chi connectivity index (χ4v) is 3.63. The van der Waals surface area contributed by atoms with Gasteiger partial charge in [0.2, 0.25) is 0 Å². The Morgan fingerprint density at radius 1 is 0.871 bits per heavy atom. The zero-order chi connectivity index (χ0) is 22.1. The Labute approximate surface area is 179 Å². The Morgan fingerprint density at radius 3 is 2.16 bits per heavy atom. The van der Waals surface area contributed by atoms with Crippen molar-refractivity contribution in [1.29, 1.82) is 0 Å². The van der Waals surface area contributed by atoms with Gasteiger partial charge in [-0.25, -0.2) is 9.29 Å². The molecule has 0 spiro atoms. The van der Waals surface area contributed by atoms with E-state index in [1.165, 1.54) is 24.3 Å². The summed E-state index contributed by atoms with van der Waals surface area (Å²) in [7, 11) is 1.55. The number of methoxy groups -OCH3 is 1. The van der Waals surface area contributed by atoms with Crippen LogP contribution in [-0.2, 0) is 9.59 Å². The van der Waals surface area contributed by atoms with Crippen LogP contribution in [0, 0.1) is 19.7 Å². The highest BCUT2D eigenvalue weighted by Gasteiger charge is 2.40. The number of benzene rings is 3. The van der Waals surface area contributed by atoms with E-state index in [1.807, 2.05) is 32.0 Å². The highest BCUT2D eigenvalue weighted by atomic mass is 19.1. The molecule has 0 fully saturated rings. The van der Waals surface area contributed by atoms with Crippen LogP contribution < -0.4 is 15.0 Å². The molecule has 4 rings (SSSR count). The molecule has 0 saturated carbocycles. The summed E-state index contributed by atoms with van der Waals surface area (Å²) in [5, 5.41) is 3.04. The number of carbonyl (C=O) groups is 2. The molecule has 0 aromatic heterocycles. The van der Waals surface area contributed by atoms with Gasteiger partial charge < -0.3 is 10.1 Å². The highest BCUT2D eigenvalue weighted by molar-refractivity contribution is 6.46. The number of halogens is 1. The topological polar surface area (TPSA) is 58.6 Å². The van der Waals surface area contributed by atoms with Crippen LogP contribution in [0.4, 0.5) is 15.8 Å². The molecule has 3 aromatic rings. The number of nitrogens with one attached hydrogen (secondary N) is 1. The lowest BCUT2D eigenvalue weighted by molar-refractivity contribution is -0.120. The van der Waals surface area contributed by atoms with Gasteiger partial charge in [-0.1, -0.05) is 23.8 Å². The smallest absolute Gasteiger partial charge is 0.282 e. The number of nitrogens with zero attached hydrogens (tertiary/aromatic N) is 1. The van der Waals surface area contributed by atoms with Crippen LogP contribution in [0.5, 0.6) is 5.75 Å². The van der Waals surface area contributed by atoms with E-state index in [0.717, 1.165) is 16.0 Å². The van der Waals surface area contributed by atoms with Crippen molar-refractivity contribution in [2.24, 2.45) is 0 Å². The number of hydrogen-bond acceptors (Lipinski definition) is 4. The van der Waals surface area contributed by atoms with Gasteiger partial charge in [-0.05, 0) is 73.5 Å². The third-order valence-electron chi connectivity index (χ3n) is 5.18. The second-order valence-corrected chi connectivity index (χ2v) is 7.34. The molecule has 1 aliphatic heterocycles. The van der Waals surface area contributed by atoms with Crippen LogP contribution in [0.2, 0.25) is 0 Å². The second kappa shape index (κ2) is 8.07. The van der Waals surface area contributed by atoms with E-state index in [1.54, 1.807) is 31.4 Å². The number of anilines is 2. The van der Waals surface area contributed by atoms with Gasteiger partial charge in [0.15, 0.2) is 0 Å². The maximum atomic E-state index is 13.5. The van der Waals surface area contributed by atoms with E-state index in [4.69, 9.17) is 4.74 Å². The van der Waals surface area contributed by atoms with Gasteiger partial charge in [-0.3, -0.25) is 9.59 Å². The van der Waals surface area contributed by atoms with Crippen molar-refractivity contribution in [1.82, 2.24) is 0 Å². The molecule has 0 atom stereocenters. The molecule has 0 radical (unpaired) electrons. The van der Waals surface area contributed by atoms with Crippen molar-refractivity contribution in [2.75, 3.05) is 17.3 Å². The Hall–Kier alpha value is -3.93. The first-order valence-corrected chi connectivity index (χ1v) is 9.76. The maximum absolute atomic E-state index is 13.5. The van der Waals surface area contributed by atoms with E-state index in [9.17, 15) is 14.0 Å². The van der Waals surface area contributed by atoms with Crippen molar-refractivity contribution in [3.05, 3.63) is 94.9 Å². The molecule has 0 unspecified atom stereocenters. The van der Waals surface area contributed by atoms with Gasteiger partial charge in [0.1, 0.15) is 17.3 Å². The van der Waals surface area contributed by atoms with E-state index < -0.39 is 11.8 Å². The minimum atomic E-state index is -0.477. The van der Waals surface area contributed by atoms with Crippen LogP contribution in [0.25, 0.3) is 5.57 Å². The van der Waals surface area contributed by atoms with Gasteiger partial charge in [-0.15, -0.1) is 0 Å². The van der Waals surface area contributed by atoms with Crippen LogP contribution in [0.1, 0.15) is 16.7 Å². The molecular weight excluding hydrogens is 395 g/mol. The average Bonchev–Trinajstić information content (AvgIpc) is 2.99. The molecular formula is C25H21FN2O3. The Balaban J connectivity index is 1.82. The number of rotatable bonds is 5. The first-order valence-electron chi connectivity index (χ1n) is 9.76. The zero-order valence-corrected chi connectivity index (χ0v) is 17.4. The average molecular weight is 416 g/mol. The Bertz CT molecular complexity index is 1200. The van der Waals surface area contributed by atoms with Crippen molar-refractivity contribution >= 4 is 28.8 Å². The maximum Gasteiger partial charge on any atom is 0.282 e. The standard InChI is InChI=1S/C25H21FN2O3/c1-15-4-13-21(16(2)14-15)22-23(27-18-7-5-17(26)6-8-18)25(30)28(24(22)29)19-9-11-20(31-3)12-10-19/h4-14,27H,1-3H3.